The molecule has 1 fully saturated rings. The Hall–Kier alpha value is -2.93. The van der Waals surface area contributed by atoms with E-state index in [9.17, 15) is 13.6 Å². The molecule has 1 saturated heterocycles. The Morgan fingerprint density at radius 3 is 2.47 bits per heavy atom. The van der Waals surface area contributed by atoms with Crippen molar-refractivity contribution in [3.05, 3.63) is 82.9 Å². The molecule has 1 aliphatic heterocycles. The van der Waals surface area contributed by atoms with E-state index in [1.807, 2.05) is 19.9 Å². The quantitative estimate of drug-likeness (QED) is 0.327. The third kappa shape index (κ3) is 6.56. The molecule has 5 nitrogen and oxygen atoms in total. The number of halogens is 2. The van der Waals surface area contributed by atoms with Crippen LogP contribution in [0.5, 0.6) is 0 Å². The molecule has 0 bridgehead atoms. The van der Waals surface area contributed by atoms with Crippen molar-refractivity contribution in [2.24, 2.45) is 5.73 Å². The fourth-order valence-electron chi connectivity index (χ4n) is 4.08. The predicted octanol–water partition coefficient (Wildman–Crippen LogP) is 5.85. The minimum Gasteiger partial charge on any atom is -0.404 e. The van der Waals surface area contributed by atoms with E-state index >= 15 is 0 Å². The Morgan fingerprint density at radius 2 is 1.94 bits per heavy atom. The van der Waals surface area contributed by atoms with Gasteiger partial charge in [0.05, 0.1) is 17.8 Å². The molecule has 186 valence electrons. The molecule has 1 heterocycles. The first-order valence-electron chi connectivity index (χ1n) is 11.6. The molecule has 7 heteroatoms. The molecule has 34 heavy (non-hydrogen) atoms. The number of hydrogen-bond donors (Lipinski definition) is 2. The third-order valence-corrected chi connectivity index (χ3v) is 6.07. The summed E-state index contributed by atoms with van der Waals surface area (Å²) in [6.07, 6.45) is 8.90. The van der Waals surface area contributed by atoms with Gasteiger partial charge < -0.3 is 16.1 Å². The molecule has 2 aliphatic rings. The zero-order chi connectivity index (χ0) is 25.6. The van der Waals surface area contributed by atoms with E-state index in [1.54, 1.807) is 24.1 Å². The molecule has 1 aliphatic carbocycles. The molecule has 0 saturated carbocycles. The molecular formula is C27H38F2N4O. The van der Waals surface area contributed by atoms with Crippen LogP contribution in [-0.2, 0) is 4.79 Å². The Kier molecular flexibility index (Phi) is 9.21. The van der Waals surface area contributed by atoms with Crippen molar-refractivity contribution in [1.29, 1.82) is 0 Å². The standard InChI is InChI=1S/C27H38F2N4O/c1-18(2)12-13-24(19(3)4)31-26(34)22(16-30)20(5)32(33-15-9-14-27(33,6)7)17-21-10-8-11-23(28)25(21)29/h10,12-13,16H,3,5,8-9,11,14-15,17,30H2,1-2,4,6-7H3,(H,31,34)/b22-16-,24-13+. The molecule has 0 spiro atoms. The number of nitrogens with zero attached hydrogens (tertiary/aromatic N) is 2. The Balaban J connectivity index is 2.39. The molecule has 0 unspecified atom stereocenters. The minimum absolute atomic E-state index is 0.0487. The van der Waals surface area contributed by atoms with Crippen LogP contribution in [0.3, 0.4) is 0 Å². The van der Waals surface area contributed by atoms with E-state index < -0.39 is 17.6 Å². The lowest BCUT2D eigenvalue weighted by Gasteiger charge is -2.43. The van der Waals surface area contributed by atoms with Gasteiger partial charge in [-0.25, -0.2) is 13.8 Å². The van der Waals surface area contributed by atoms with Gasteiger partial charge in [-0.1, -0.05) is 30.9 Å². The summed E-state index contributed by atoms with van der Waals surface area (Å²) in [5.74, 6) is -2.03. The third-order valence-electron chi connectivity index (χ3n) is 6.07. The van der Waals surface area contributed by atoms with Crippen molar-refractivity contribution >= 4 is 5.91 Å². The zero-order valence-corrected chi connectivity index (χ0v) is 21.1. The molecule has 1 amide bonds. The SMILES string of the molecule is C=C(C)/C(=C\C=C(C)C)NC(=O)/C(=C\N)C(=C)N(CC1=CCCC(F)=C1F)N1CCCC1(C)C. The maximum atomic E-state index is 14.6. The number of carbonyl (C=O) groups excluding carboxylic acids is 1. The number of hydrogen-bond acceptors (Lipinski definition) is 4. The molecular weight excluding hydrogens is 434 g/mol. The fourth-order valence-corrected chi connectivity index (χ4v) is 4.08. The predicted molar refractivity (Wildman–Crippen MR) is 135 cm³/mol. The van der Waals surface area contributed by atoms with Crippen LogP contribution in [0.2, 0.25) is 0 Å². The van der Waals surface area contributed by atoms with Crippen molar-refractivity contribution in [2.75, 3.05) is 13.1 Å². The van der Waals surface area contributed by atoms with E-state index in [0.717, 1.165) is 18.4 Å². The van der Waals surface area contributed by atoms with E-state index in [0.29, 0.717) is 29.9 Å². The lowest BCUT2D eigenvalue weighted by Crippen LogP contribution is -2.51. The first-order chi connectivity index (χ1) is 15.9. The number of rotatable bonds is 9. The highest BCUT2D eigenvalue weighted by molar-refractivity contribution is 5.98. The van der Waals surface area contributed by atoms with Crippen LogP contribution < -0.4 is 11.1 Å². The van der Waals surface area contributed by atoms with Crippen LogP contribution in [0.15, 0.2) is 82.9 Å². The van der Waals surface area contributed by atoms with Gasteiger partial charge in [0.2, 0.25) is 0 Å². The van der Waals surface area contributed by atoms with Crippen LogP contribution in [-0.4, -0.2) is 34.6 Å². The highest BCUT2D eigenvalue weighted by Gasteiger charge is 2.38. The van der Waals surface area contributed by atoms with Gasteiger partial charge in [0.1, 0.15) is 5.83 Å². The highest BCUT2D eigenvalue weighted by Crippen LogP contribution is 2.35. The summed E-state index contributed by atoms with van der Waals surface area (Å²) in [6, 6.07) is 0. The number of hydrazine groups is 1. The summed E-state index contributed by atoms with van der Waals surface area (Å²) in [5.41, 5.74) is 8.65. The van der Waals surface area contributed by atoms with Gasteiger partial charge in [0.15, 0.2) is 5.83 Å². The topological polar surface area (TPSA) is 61.6 Å². The second-order valence-electron chi connectivity index (χ2n) is 9.67. The molecule has 0 radical (unpaired) electrons. The van der Waals surface area contributed by atoms with Crippen LogP contribution >= 0.6 is 0 Å². The second-order valence-corrected chi connectivity index (χ2v) is 9.67. The Bertz CT molecular complexity index is 994. The van der Waals surface area contributed by atoms with Crippen LogP contribution in [0.25, 0.3) is 0 Å². The minimum atomic E-state index is -0.835. The van der Waals surface area contributed by atoms with Gasteiger partial charge in [-0.2, -0.15) is 0 Å². The largest absolute Gasteiger partial charge is 0.404 e. The van der Waals surface area contributed by atoms with Crippen molar-refractivity contribution < 1.29 is 13.6 Å². The van der Waals surface area contributed by atoms with Crippen LogP contribution in [0.4, 0.5) is 8.78 Å². The summed E-state index contributed by atoms with van der Waals surface area (Å²) in [5, 5.41) is 6.68. The zero-order valence-electron chi connectivity index (χ0n) is 21.1. The number of nitrogens with two attached hydrogens (primary N) is 1. The van der Waals surface area contributed by atoms with Gasteiger partial charge in [-0.15, -0.1) is 0 Å². The fraction of sp³-hybridized carbons (Fsp3) is 0.444. The normalized spacial score (nSPS) is 19.0. The van der Waals surface area contributed by atoms with Gasteiger partial charge in [0, 0.05) is 36.0 Å². The molecule has 3 N–H and O–H groups in total. The highest BCUT2D eigenvalue weighted by atomic mass is 19.2. The molecule has 0 aromatic heterocycles. The van der Waals surface area contributed by atoms with E-state index in [-0.39, 0.29) is 29.7 Å². The molecule has 0 aromatic carbocycles. The van der Waals surface area contributed by atoms with Gasteiger partial charge in [0.25, 0.3) is 5.91 Å². The van der Waals surface area contributed by atoms with Gasteiger partial charge in [-0.3, -0.25) is 4.79 Å². The molecule has 0 atom stereocenters. The lowest BCUT2D eigenvalue weighted by atomic mass is 10.0. The maximum absolute atomic E-state index is 14.6. The van der Waals surface area contributed by atoms with Crippen molar-refractivity contribution in [3.63, 3.8) is 0 Å². The second kappa shape index (κ2) is 11.5. The Labute approximate surface area is 202 Å². The van der Waals surface area contributed by atoms with Crippen molar-refractivity contribution in [1.82, 2.24) is 15.3 Å². The van der Waals surface area contributed by atoms with Crippen LogP contribution in [0, 0.1) is 0 Å². The van der Waals surface area contributed by atoms with Gasteiger partial charge >= 0.3 is 0 Å². The average molecular weight is 473 g/mol. The summed E-state index contributed by atoms with van der Waals surface area (Å²) >= 11 is 0. The monoisotopic (exact) mass is 472 g/mol. The summed E-state index contributed by atoms with van der Waals surface area (Å²) < 4.78 is 28.6. The van der Waals surface area contributed by atoms with Crippen LogP contribution in [0.1, 0.15) is 60.3 Å². The Morgan fingerprint density at radius 1 is 1.26 bits per heavy atom. The molecule has 0 aromatic rings. The number of nitrogens with one attached hydrogen (secondary N) is 1. The number of amides is 1. The number of allylic oxidation sites excluding steroid dienone is 6. The summed E-state index contributed by atoms with van der Waals surface area (Å²) in [7, 11) is 0. The lowest BCUT2D eigenvalue weighted by molar-refractivity contribution is -0.117. The maximum Gasteiger partial charge on any atom is 0.259 e. The summed E-state index contributed by atoms with van der Waals surface area (Å²) in [6.45, 7) is 18.7. The van der Waals surface area contributed by atoms with Gasteiger partial charge in [-0.05, 0) is 65.5 Å². The summed E-state index contributed by atoms with van der Waals surface area (Å²) in [4.78, 5) is 13.2. The van der Waals surface area contributed by atoms with Crippen molar-refractivity contribution in [2.45, 2.75) is 65.8 Å². The van der Waals surface area contributed by atoms with Crippen molar-refractivity contribution in [3.8, 4) is 0 Å². The van der Waals surface area contributed by atoms with E-state index in [2.05, 4.69) is 37.3 Å². The molecule has 2 rings (SSSR count). The smallest absolute Gasteiger partial charge is 0.259 e. The number of carbonyl (C=O) groups is 1. The average Bonchev–Trinajstić information content (AvgIpc) is 3.10. The first-order valence-corrected chi connectivity index (χ1v) is 11.6. The first kappa shape index (κ1) is 27.3. The van der Waals surface area contributed by atoms with E-state index in [4.69, 9.17) is 5.73 Å². The van der Waals surface area contributed by atoms with E-state index in [1.165, 1.54) is 6.20 Å².